The van der Waals surface area contributed by atoms with Crippen LogP contribution in [0, 0.1) is 0 Å². The molecule has 1 aromatic carbocycles. The van der Waals surface area contributed by atoms with Crippen LogP contribution in [0.15, 0.2) is 24.3 Å². The lowest BCUT2D eigenvalue weighted by Gasteiger charge is -2.38. The molecule has 0 unspecified atom stereocenters. The molecule has 2 rings (SSSR count). The van der Waals surface area contributed by atoms with E-state index in [1.165, 1.54) is 0 Å². The number of anilines is 1. The van der Waals surface area contributed by atoms with Crippen molar-refractivity contribution in [3.63, 3.8) is 0 Å². The molecule has 1 N–H and O–H groups in total. The van der Waals surface area contributed by atoms with Crippen molar-refractivity contribution in [1.82, 2.24) is 5.32 Å². The highest BCUT2D eigenvalue weighted by Gasteiger charge is 2.36. The number of amides is 1. The van der Waals surface area contributed by atoms with E-state index in [-0.39, 0.29) is 11.9 Å². The number of nitrogens with zero attached hydrogens (tertiary/aromatic N) is 1. The maximum absolute atomic E-state index is 11.7. The maximum atomic E-state index is 11.7. The molecule has 0 bridgehead atoms. The topological polar surface area (TPSA) is 41.6 Å². The average molecular weight is 220 g/mol. The summed E-state index contributed by atoms with van der Waals surface area (Å²) in [6, 6.07) is 7.52. The molecular weight excluding hydrogens is 204 g/mol. The first-order chi connectivity index (χ1) is 7.76. The molecule has 0 aliphatic carbocycles. The summed E-state index contributed by atoms with van der Waals surface area (Å²) in [7, 11) is 1.63. The first-order valence-corrected chi connectivity index (χ1v) is 5.45. The number of hydrogen-bond donors (Lipinski definition) is 1. The van der Waals surface area contributed by atoms with E-state index in [4.69, 9.17) is 4.74 Å². The number of carbonyl (C=O) groups is 1. The van der Waals surface area contributed by atoms with Crippen LogP contribution in [0.4, 0.5) is 5.69 Å². The molecule has 0 radical (unpaired) electrons. The van der Waals surface area contributed by atoms with Gasteiger partial charge in [0.25, 0.3) is 0 Å². The predicted octanol–water partition coefficient (Wildman–Crippen LogP) is 1.02. The molecule has 0 aromatic heterocycles. The minimum absolute atomic E-state index is 0.00731. The quantitative estimate of drug-likeness (QED) is 0.770. The van der Waals surface area contributed by atoms with Gasteiger partial charge in [-0.1, -0.05) is 6.92 Å². The maximum Gasteiger partial charge on any atom is 0.246 e. The second-order valence-electron chi connectivity index (χ2n) is 3.76. The Hall–Kier alpha value is -1.55. The Morgan fingerprint density at radius 2 is 2.12 bits per heavy atom. The zero-order valence-electron chi connectivity index (χ0n) is 9.56. The van der Waals surface area contributed by atoms with Gasteiger partial charge in [0.05, 0.1) is 13.7 Å². The van der Waals surface area contributed by atoms with Gasteiger partial charge in [-0.2, -0.15) is 0 Å². The van der Waals surface area contributed by atoms with Crippen LogP contribution in [0.1, 0.15) is 6.92 Å². The second kappa shape index (κ2) is 4.53. The zero-order valence-corrected chi connectivity index (χ0v) is 9.56. The Morgan fingerprint density at radius 3 is 2.62 bits per heavy atom. The molecule has 0 spiro atoms. The lowest BCUT2D eigenvalue weighted by atomic mass is 10.1. The van der Waals surface area contributed by atoms with Gasteiger partial charge >= 0.3 is 0 Å². The van der Waals surface area contributed by atoms with Crippen molar-refractivity contribution >= 4 is 11.6 Å². The van der Waals surface area contributed by atoms with E-state index < -0.39 is 0 Å². The summed E-state index contributed by atoms with van der Waals surface area (Å²) in [4.78, 5) is 13.5. The third-order valence-corrected chi connectivity index (χ3v) is 2.76. The average Bonchev–Trinajstić information content (AvgIpc) is 2.34. The van der Waals surface area contributed by atoms with E-state index in [2.05, 4.69) is 5.32 Å². The molecule has 1 saturated heterocycles. The molecule has 4 nitrogen and oxygen atoms in total. The standard InChI is InChI=1S/C12H16N2O2/c1-3-13-11-8-14(12(11)15)9-4-6-10(16-2)7-5-9/h4-7,11,13H,3,8H2,1-2H3/t11-/m1/s1. The number of carbonyl (C=O) groups excluding carboxylic acids is 1. The van der Waals surface area contributed by atoms with Gasteiger partial charge in [-0.25, -0.2) is 0 Å². The van der Waals surface area contributed by atoms with E-state index >= 15 is 0 Å². The monoisotopic (exact) mass is 220 g/mol. The number of hydrogen-bond acceptors (Lipinski definition) is 3. The molecule has 1 aromatic rings. The molecule has 16 heavy (non-hydrogen) atoms. The Bertz CT molecular complexity index is 375. The lowest BCUT2D eigenvalue weighted by molar-refractivity contribution is -0.124. The fourth-order valence-electron chi connectivity index (χ4n) is 1.82. The smallest absolute Gasteiger partial charge is 0.246 e. The molecule has 1 aliphatic rings. The Morgan fingerprint density at radius 1 is 1.44 bits per heavy atom. The van der Waals surface area contributed by atoms with Gasteiger partial charge in [-0.05, 0) is 30.8 Å². The van der Waals surface area contributed by atoms with Gasteiger partial charge in [0.2, 0.25) is 5.91 Å². The van der Waals surface area contributed by atoms with Gasteiger partial charge < -0.3 is 15.0 Å². The molecule has 4 heteroatoms. The van der Waals surface area contributed by atoms with Crippen LogP contribution in [0.2, 0.25) is 0 Å². The molecule has 0 saturated carbocycles. The van der Waals surface area contributed by atoms with Crippen LogP contribution in [0.3, 0.4) is 0 Å². The highest BCUT2D eigenvalue weighted by molar-refractivity contribution is 6.04. The number of benzene rings is 1. The lowest BCUT2D eigenvalue weighted by Crippen LogP contribution is -2.63. The van der Waals surface area contributed by atoms with Gasteiger partial charge in [0.1, 0.15) is 11.8 Å². The van der Waals surface area contributed by atoms with Crippen LogP contribution in [0.5, 0.6) is 5.75 Å². The molecular formula is C12H16N2O2. The normalized spacial score (nSPS) is 19.5. The number of rotatable bonds is 4. The zero-order chi connectivity index (χ0) is 11.5. The second-order valence-corrected chi connectivity index (χ2v) is 3.76. The minimum atomic E-state index is -0.00731. The van der Waals surface area contributed by atoms with Crippen molar-refractivity contribution in [2.75, 3.05) is 25.1 Å². The van der Waals surface area contributed by atoms with Gasteiger partial charge in [0.15, 0.2) is 0 Å². The van der Waals surface area contributed by atoms with Crippen LogP contribution in [0.25, 0.3) is 0 Å². The largest absolute Gasteiger partial charge is 0.497 e. The number of β-lactam (4-membered cyclic amide) rings is 1. The Balaban J connectivity index is 2.01. The van der Waals surface area contributed by atoms with Crippen LogP contribution >= 0.6 is 0 Å². The summed E-state index contributed by atoms with van der Waals surface area (Å²) in [6.07, 6.45) is 0. The number of ether oxygens (including phenoxy) is 1. The van der Waals surface area contributed by atoms with Crippen LogP contribution in [-0.4, -0.2) is 32.1 Å². The minimum Gasteiger partial charge on any atom is -0.497 e. The molecule has 86 valence electrons. The summed E-state index contributed by atoms with van der Waals surface area (Å²) in [6.45, 7) is 3.58. The SMILES string of the molecule is CCN[C@@H]1CN(c2ccc(OC)cc2)C1=O. The third-order valence-electron chi connectivity index (χ3n) is 2.76. The van der Waals surface area contributed by atoms with Crippen LogP contribution < -0.4 is 15.0 Å². The van der Waals surface area contributed by atoms with Crippen molar-refractivity contribution in [1.29, 1.82) is 0 Å². The van der Waals surface area contributed by atoms with E-state index in [1.54, 1.807) is 12.0 Å². The number of methoxy groups -OCH3 is 1. The van der Waals surface area contributed by atoms with Gasteiger partial charge in [-0.15, -0.1) is 0 Å². The van der Waals surface area contributed by atoms with E-state index in [0.717, 1.165) is 24.5 Å². The van der Waals surface area contributed by atoms with Crippen molar-refractivity contribution in [2.24, 2.45) is 0 Å². The summed E-state index contributed by atoms with van der Waals surface area (Å²) >= 11 is 0. The first kappa shape index (κ1) is 11.0. The number of nitrogens with one attached hydrogen (secondary N) is 1. The molecule has 1 amide bonds. The van der Waals surface area contributed by atoms with Crippen LogP contribution in [-0.2, 0) is 4.79 Å². The van der Waals surface area contributed by atoms with E-state index in [9.17, 15) is 4.79 Å². The van der Waals surface area contributed by atoms with Gasteiger partial charge in [0, 0.05) is 5.69 Å². The molecule has 1 atom stereocenters. The van der Waals surface area contributed by atoms with E-state index in [1.807, 2.05) is 31.2 Å². The van der Waals surface area contributed by atoms with Crippen molar-refractivity contribution in [2.45, 2.75) is 13.0 Å². The fraction of sp³-hybridized carbons (Fsp3) is 0.417. The highest BCUT2D eigenvalue weighted by atomic mass is 16.5. The third kappa shape index (κ3) is 1.88. The molecule has 1 fully saturated rings. The van der Waals surface area contributed by atoms with Crippen molar-refractivity contribution in [3.05, 3.63) is 24.3 Å². The van der Waals surface area contributed by atoms with Crippen molar-refractivity contribution < 1.29 is 9.53 Å². The molecule has 1 heterocycles. The summed E-state index contributed by atoms with van der Waals surface area (Å²) < 4.78 is 5.07. The summed E-state index contributed by atoms with van der Waals surface area (Å²) in [5.74, 6) is 0.951. The summed E-state index contributed by atoms with van der Waals surface area (Å²) in [5, 5.41) is 3.14. The van der Waals surface area contributed by atoms with Gasteiger partial charge in [-0.3, -0.25) is 4.79 Å². The van der Waals surface area contributed by atoms with Crippen molar-refractivity contribution in [3.8, 4) is 5.75 Å². The first-order valence-electron chi connectivity index (χ1n) is 5.45. The highest BCUT2D eigenvalue weighted by Crippen LogP contribution is 2.24. The number of likely N-dealkylation sites (N-methyl/N-ethyl adjacent to an activating group) is 1. The summed E-state index contributed by atoms with van der Waals surface area (Å²) in [5.41, 5.74) is 0.931. The Labute approximate surface area is 95.2 Å². The molecule has 1 aliphatic heterocycles. The Kier molecular flexibility index (Phi) is 3.10. The fourth-order valence-corrected chi connectivity index (χ4v) is 1.82. The predicted molar refractivity (Wildman–Crippen MR) is 62.8 cm³/mol. The van der Waals surface area contributed by atoms with E-state index in [0.29, 0.717) is 0 Å².